The van der Waals surface area contributed by atoms with Crippen LogP contribution in [-0.4, -0.2) is 37.4 Å². The molecule has 0 fully saturated rings. The molecule has 0 atom stereocenters. The Labute approximate surface area is 150 Å². The van der Waals surface area contributed by atoms with Gasteiger partial charge in [0, 0.05) is 35.5 Å². The molecule has 0 radical (unpaired) electrons. The van der Waals surface area contributed by atoms with Crippen molar-refractivity contribution in [3.8, 4) is 0 Å². The first kappa shape index (κ1) is 18.0. The van der Waals surface area contributed by atoms with Crippen molar-refractivity contribution >= 4 is 39.1 Å². The molecule has 0 heterocycles. The molecule has 0 spiro atoms. The molecule has 2 aromatic carbocycles. The molecule has 2 amide bonds. The first-order chi connectivity index (χ1) is 11.4. The maximum atomic E-state index is 12.1. The summed E-state index contributed by atoms with van der Waals surface area (Å²) in [4.78, 5) is 25.5. The van der Waals surface area contributed by atoms with Gasteiger partial charge in [0.25, 0.3) is 5.91 Å². The zero-order valence-electron chi connectivity index (χ0n) is 13.9. The lowest BCUT2D eigenvalue weighted by atomic mass is 10.2. The van der Waals surface area contributed by atoms with Crippen LogP contribution in [0, 0.1) is 6.92 Å². The number of halogens is 1. The smallest absolute Gasteiger partial charge is 0.253 e. The van der Waals surface area contributed by atoms with Crippen molar-refractivity contribution in [2.24, 2.45) is 0 Å². The van der Waals surface area contributed by atoms with Crippen LogP contribution in [0.5, 0.6) is 0 Å². The van der Waals surface area contributed by atoms with Crippen molar-refractivity contribution in [3.63, 3.8) is 0 Å². The Morgan fingerprint density at radius 1 is 1.08 bits per heavy atom. The number of carbonyl (C=O) groups excluding carboxylic acids is 2. The van der Waals surface area contributed by atoms with Crippen LogP contribution in [0.2, 0.25) is 0 Å². The van der Waals surface area contributed by atoms with E-state index in [9.17, 15) is 9.59 Å². The van der Waals surface area contributed by atoms with E-state index in [1.807, 2.05) is 25.1 Å². The molecule has 126 valence electrons. The lowest BCUT2D eigenvalue weighted by molar-refractivity contribution is -0.114. The Morgan fingerprint density at radius 3 is 2.50 bits per heavy atom. The van der Waals surface area contributed by atoms with E-state index in [1.165, 1.54) is 4.90 Å². The van der Waals surface area contributed by atoms with E-state index in [4.69, 9.17) is 0 Å². The van der Waals surface area contributed by atoms with Crippen LogP contribution in [0.15, 0.2) is 46.9 Å². The SMILES string of the molecule is Cc1cc(NCC(=O)Nc2cccc(C(=O)N(C)C)c2)ccc1Br. The first-order valence-electron chi connectivity index (χ1n) is 7.48. The number of rotatable bonds is 5. The summed E-state index contributed by atoms with van der Waals surface area (Å²) in [6.07, 6.45) is 0. The summed E-state index contributed by atoms with van der Waals surface area (Å²) in [5, 5.41) is 5.87. The molecular formula is C18H20BrN3O2. The zero-order valence-corrected chi connectivity index (χ0v) is 15.5. The molecule has 2 rings (SSSR count). The standard InChI is InChI=1S/C18H20BrN3O2/c1-12-9-14(7-8-16(12)19)20-11-17(23)21-15-6-4-5-13(10-15)18(24)22(2)3/h4-10,20H,11H2,1-3H3,(H,21,23). The Bertz CT molecular complexity index is 760. The average molecular weight is 390 g/mol. The summed E-state index contributed by atoms with van der Waals surface area (Å²) in [5.41, 5.74) is 3.11. The van der Waals surface area contributed by atoms with Crippen molar-refractivity contribution < 1.29 is 9.59 Å². The molecule has 5 nitrogen and oxygen atoms in total. The molecule has 0 bridgehead atoms. The second-order valence-electron chi connectivity index (χ2n) is 5.65. The van der Waals surface area contributed by atoms with Crippen molar-refractivity contribution in [3.05, 3.63) is 58.1 Å². The molecular weight excluding hydrogens is 370 g/mol. The number of nitrogens with one attached hydrogen (secondary N) is 2. The molecule has 6 heteroatoms. The minimum Gasteiger partial charge on any atom is -0.376 e. The van der Waals surface area contributed by atoms with Gasteiger partial charge in [-0.1, -0.05) is 22.0 Å². The number of aryl methyl sites for hydroxylation is 1. The normalized spacial score (nSPS) is 10.2. The monoisotopic (exact) mass is 389 g/mol. The molecule has 0 aliphatic carbocycles. The number of carbonyl (C=O) groups is 2. The molecule has 0 aliphatic heterocycles. The third-order valence-electron chi connectivity index (χ3n) is 3.41. The Kier molecular flexibility index (Phi) is 5.98. The maximum absolute atomic E-state index is 12.1. The quantitative estimate of drug-likeness (QED) is 0.822. The number of nitrogens with zero attached hydrogens (tertiary/aromatic N) is 1. The van der Waals surface area contributed by atoms with E-state index in [0.29, 0.717) is 11.3 Å². The molecule has 24 heavy (non-hydrogen) atoms. The Morgan fingerprint density at radius 2 is 1.83 bits per heavy atom. The topological polar surface area (TPSA) is 61.4 Å². The second kappa shape index (κ2) is 7.97. The fraction of sp³-hybridized carbons (Fsp3) is 0.222. The van der Waals surface area contributed by atoms with Gasteiger partial charge in [0.2, 0.25) is 5.91 Å². The second-order valence-corrected chi connectivity index (χ2v) is 6.50. The van der Waals surface area contributed by atoms with E-state index in [1.54, 1.807) is 38.4 Å². The summed E-state index contributed by atoms with van der Waals surface area (Å²) in [6.45, 7) is 2.13. The van der Waals surface area contributed by atoms with E-state index in [2.05, 4.69) is 26.6 Å². The number of benzene rings is 2. The van der Waals surface area contributed by atoms with Gasteiger partial charge in [0.1, 0.15) is 0 Å². The predicted molar refractivity (Wildman–Crippen MR) is 100 cm³/mol. The van der Waals surface area contributed by atoms with Gasteiger partial charge >= 0.3 is 0 Å². The van der Waals surface area contributed by atoms with E-state index in [-0.39, 0.29) is 18.4 Å². The first-order valence-corrected chi connectivity index (χ1v) is 8.27. The maximum Gasteiger partial charge on any atom is 0.253 e. The highest BCUT2D eigenvalue weighted by atomic mass is 79.9. The van der Waals surface area contributed by atoms with E-state index < -0.39 is 0 Å². The molecule has 0 aliphatic rings. The van der Waals surface area contributed by atoms with Crippen LogP contribution >= 0.6 is 15.9 Å². The van der Waals surface area contributed by atoms with Crippen LogP contribution in [0.3, 0.4) is 0 Å². The lowest BCUT2D eigenvalue weighted by Crippen LogP contribution is -2.23. The average Bonchev–Trinajstić information content (AvgIpc) is 2.55. The highest BCUT2D eigenvalue weighted by molar-refractivity contribution is 9.10. The van der Waals surface area contributed by atoms with Gasteiger partial charge in [0.05, 0.1) is 6.54 Å². The van der Waals surface area contributed by atoms with Crippen molar-refractivity contribution in [2.75, 3.05) is 31.3 Å². The van der Waals surface area contributed by atoms with E-state index >= 15 is 0 Å². The van der Waals surface area contributed by atoms with Gasteiger partial charge in [-0.2, -0.15) is 0 Å². The summed E-state index contributed by atoms with van der Waals surface area (Å²) < 4.78 is 1.03. The van der Waals surface area contributed by atoms with Gasteiger partial charge in [-0.15, -0.1) is 0 Å². The third-order valence-corrected chi connectivity index (χ3v) is 4.30. The highest BCUT2D eigenvalue weighted by Crippen LogP contribution is 2.20. The van der Waals surface area contributed by atoms with Gasteiger partial charge in [-0.05, 0) is 48.9 Å². The van der Waals surface area contributed by atoms with Crippen LogP contribution in [0.1, 0.15) is 15.9 Å². The van der Waals surface area contributed by atoms with Crippen molar-refractivity contribution in [2.45, 2.75) is 6.92 Å². The predicted octanol–water partition coefficient (Wildman–Crippen LogP) is 3.51. The third kappa shape index (κ3) is 4.83. The van der Waals surface area contributed by atoms with Crippen LogP contribution in [-0.2, 0) is 4.79 Å². The van der Waals surface area contributed by atoms with Gasteiger partial charge in [-0.25, -0.2) is 0 Å². The summed E-state index contributed by atoms with van der Waals surface area (Å²) in [7, 11) is 3.38. The number of hydrogen-bond acceptors (Lipinski definition) is 3. The summed E-state index contributed by atoms with van der Waals surface area (Å²) >= 11 is 3.44. The van der Waals surface area contributed by atoms with Crippen molar-refractivity contribution in [1.82, 2.24) is 4.90 Å². The van der Waals surface area contributed by atoms with Gasteiger partial charge < -0.3 is 15.5 Å². The van der Waals surface area contributed by atoms with Crippen LogP contribution in [0.25, 0.3) is 0 Å². The number of hydrogen-bond donors (Lipinski definition) is 2. The number of anilines is 2. The molecule has 2 N–H and O–H groups in total. The van der Waals surface area contributed by atoms with Crippen molar-refractivity contribution in [1.29, 1.82) is 0 Å². The Balaban J connectivity index is 1.96. The largest absolute Gasteiger partial charge is 0.376 e. The van der Waals surface area contributed by atoms with Gasteiger partial charge in [0.15, 0.2) is 0 Å². The molecule has 0 aromatic heterocycles. The lowest BCUT2D eigenvalue weighted by Gasteiger charge is -2.12. The van der Waals surface area contributed by atoms with Crippen LogP contribution in [0.4, 0.5) is 11.4 Å². The summed E-state index contributed by atoms with van der Waals surface area (Å²) in [5.74, 6) is -0.278. The summed E-state index contributed by atoms with van der Waals surface area (Å²) in [6, 6.07) is 12.7. The molecule has 0 saturated heterocycles. The Hall–Kier alpha value is -2.34. The fourth-order valence-electron chi connectivity index (χ4n) is 2.13. The fourth-order valence-corrected chi connectivity index (χ4v) is 2.38. The minimum atomic E-state index is -0.176. The highest BCUT2D eigenvalue weighted by Gasteiger charge is 2.09. The number of amides is 2. The minimum absolute atomic E-state index is 0.102. The molecule has 2 aromatic rings. The van der Waals surface area contributed by atoms with Crippen LogP contribution < -0.4 is 10.6 Å². The zero-order chi connectivity index (χ0) is 17.7. The molecule has 0 saturated carbocycles. The van der Waals surface area contributed by atoms with Gasteiger partial charge in [-0.3, -0.25) is 9.59 Å². The van der Waals surface area contributed by atoms with E-state index in [0.717, 1.165) is 15.7 Å². The molecule has 0 unspecified atom stereocenters.